The number of hydrogen-bond donors (Lipinski definition) is 2. The van der Waals surface area contributed by atoms with Crippen LogP contribution in [0.4, 0.5) is 22.0 Å². The molecule has 1 saturated heterocycles. The highest BCUT2D eigenvalue weighted by Gasteiger charge is 2.21. The highest BCUT2D eigenvalue weighted by atomic mass is 32.1. The Balaban J connectivity index is 1.35. The Morgan fingerprint density at radius 1 is 0.857 bits per heavy atom. The molecule has 0 unspecified atom stereocenters. The smallest absolute Gasteiger partial charge is 0.232 e. The number of halogens is 1. The Hall–Kier alpha value is -3.26. The van der Waals surface area contributed by atoms with Crippen LogP contribution in [-0.4, -0.2) is 34.7 Å². The standard InChI is InChI=1S/C27H31FN6S/c28-23-11-9-20(10-12-23)18-29-27(35)32-26-30-24(33-14-5-1-2-6-15-33)17-25(31-26)34-16-13-21-7-3-4-8-22(21)19-34/h3-4,7-12,17H,1-2,5-6,13-16,18-19H2,(H2,29,30,31,32,35). The van der Waals surface area contributed by atoms with Gasteiger partial charge in [0.1, 0.15) is 17.5 Å². The summed E-state index contributed by atoms with van der Waals surface area (Å²) in [6.07, 6.45) is 5.88. The third kappa shape index (κ3) is 6.06. The SMILES string of the molecule is Fc1ccc(CNC(=S)Nc2nc(N3CCCCCC3)cc(N3CCc4ccccc4C3)n2)cc1. The monoisotopic (exact) mass is 490 g/mol. The van der Waals surface area contributed by atoms with Gasteiger partial charge in [-0.05, 0) is 60.3 Å². The molecular formula is C27H31FN6S. The molecule has 0 spiro atoms. The van der Waals surface area contributed by atoms with E-state index in [4.69, 9.17) is 22.2 Å². The predicted octanol–water partition coefficient (Wildman–Crippen LogP) is 5.05. The summed E-state index contributed by atoms with van der Waals surface area (Å²) in [5.74, 6) is 2.11. The zero-order chi connectivity index (χ0) is 24.0. The molecule has 2 aliphatic heterocycles. The van der Waals surface area contributed by atoms with Gasteiger partial charge in [0, 0.05) is 38.8 Å². The van der Waals surface area contributed by atoms with E-state index in [-0.39, 0.29) is 5.82 Å². The Morgan fingerprint density at radius 3 is 2.29 bits per heavy atom. The fourth-order valence-electron chi connectivity index (χ4n) is 4.72. The van der Waals surface area contributed by atoms with Crippen LogP contribution in [0.15, 0.2) is 54.6 Å². The summed E-state index contributed by atoms with van der Waals surface area (Å²) in [6.45, 7) is 4.26. The lowest BCUT2D eigenvalue weighted by Gasteiger charge is -2.31. The fraction of sp³-hybridized carbons (Fsp3) is 0.370. The maximum absolute atomic E-state index is 13.2. The minimum atomic E-state index is -0.249. The molecule has 5 rings (SSSR count). The van der Waals surface area contributed by atoms with Gasteiger partial charge in [-0.1, -0.05) is 49.2 Å². The molecule has 2 aliphatic rings. The maximum atomic E-state index is 13.2. The highest BCUT2D eigenvalue weighted by Crippen LogP contribution is 2.28. The van der Waals surface area contributed by atoms with Crippen LogP contribution in [-0.2, 0) is 19.5 Å². The normalized spacial score (nSPS) is 15.8. The second kappa shape index (κ2) is 11.0. The van der Waals surface area contributed by atoms with Crippen molar-refractivity contribution in [3.8, 4) is 0 Å². The van der Waals surface area contributed by atoms with Crippen LogP contribution in [0, 0.1) is 5.82 Å². The summed E-state index contributed by atoms with van der Waals surface area (Å²) in [5.41, 5.74) is 3.71. The van der Waals surface area contributed by atoms with Crippen LogP contribution in [0.25, 0.3) is 0 Å². The fourth-order valence-corrected chi connectivity index (χ4v) is 4.89. The van der Waals surface area contributed by atoms with E-state index < -0.39 is 0 Å². The van der Waals surface area contributed by atoms with Crippen molar-refractivity contribution < 1.29 is 4.39 Å². The van der Waals surface area contributed by atoms with E-state index >= 15 is 0 Å². The lowest BCUT2D eigenvalue weighted by Crippen LogP contribution is -2.33. The van der Waals surface area contributed by atoms with Crippen LogP contribution < -0.4 is 20.4 Å². The summed E-state index contributed by atoms with van der Waals surface area (Å²) >= 11 is 5.53. The van der Waals surface area contributed by atoms with E-state index in [1.54, 1.807) is 12.1 Å². The number of thiocarbonyl (C=S) groups is 1. The van der Waals surface area contributed by atoms with Gasteiger partial charge < -0.3 is 20.4 Å². The first-order valence-corrected chi connectivity index (χ1v) is 12.8. The van der Waals surface area contributed by atoms with Gasteiger partial charge >= 0.3 is 0 Å². The average Bonchev–Trinajstić information content (AvgIpc) is 3.18. The highest BCUT2D eigenvalue weighted by molar-refractivity contribution is 7.80. The minimum Gasteiger partial charge on any atom is -0.358 e. The van der Waals surface area contributed by atoms with Gasteiger partial charge in [0.05, 0.1) is 0 Å². The number of hydrogen-bond acceptors (Lipinski definition) is 5. The van der Waals surface area contributed by atoms with Crippen molar-refractivity contribution in [2.24, 2.45) is 0 Å². The predicted molar refractivity (Wildman–Crippen MR) is 143 cm³/mol. The summed E-state index contributed by atoms with van der Waals surface area (Å²) in [4.78, 5) is 14.4. The number of anilines is 3. The zero-order valence-corrected chi connectivity index (χ0v) is 20.7. The number of benzene rings is 2. The number of fused-ring (bicyclic) bond motifs is 1. The van der Waals surface area contributed by atoms with E-state index in [2.05, 4.69) is 50.8 Å². The number of aromatic nitrogens is 2. The molecule has 0 amide bonds. The van der Waals surface area contributed by atoms with E-state index in [1.807, 2.05) is 0 Å². The van der Waals surface area contributed by atoms with Crippen molar-refractivity contribution in [2.75, 3.05) is 34.8 Å². The lowest BCUT2D eigenvalue weighted by atomic mass is 10.00. The summed E-state index contributed by atoms with van der Waals surface area (Å²) in [6, 6.07) is 17.1. The van der Waals surface area contributed by atoms with Gasteiger partial charge in [-0.3, -0.25) is 0 Å². The van der Waals surface area contributed by atoms with Gasteiger partial charge in [0.2, 0.25) is 5.95 Å². The van der Waals surface area contributed by atoms with Crippen molar-refractivity contribution in [2.45, 2.75) is 45.2 Å². The first-order valence-electron chi connectivity index (χ1n) is 12.4. The van der Waals surface area contributed by atoms with Gasteiger partial charge in [-0.25, -0.2) is 4.39 Å². The molecule has 8 heteroatoms. The molecular weight excluding hydrogens is 459 g/mol. The van der Waals surface area contributed by atoms with E-state index in [0.29, 0.717) is 17.6 Å². The molecule has 3 heterocycles. The largest absolute Gasteiger partial charge is 0.358 e. The molecule has 0 radical (unpaired) electrons. The molecule has 3 aromatic rings. The minimum absolute atomic E-state index is 0.249. The Kier molecular flexibility index (Phi) is 7.37. The van der Waals surface area contributed by atoms with Crippen LogP contribution in [0.3, 0.4) is 0 Å². The van der Waals surface area contributed by atoms with Crippen molar-refractivity contribution in [1.82, 2.24) is 15.3 Å². The lowest BCUT2D eigenvalue weighted by molar-refractivity contribution is 0.627. The zero-order valence-electron chi connectivity index (χ0n) is 19.8. The average molecular weight is 491 g/mol. The second-order valence-corrected chi connectivity index (χ2v) is 9.59. The van der Waals surface area contributed by atoms with Crippen LogP contribution in [0.1, 0.15) is 42.4 Å². The first-order chi connectivity index (χ1) is 17.1. The molecule has 2 N–H and O–H groups in total. The van der Waals surface area contributed by atoms with Gasteiger partial charge in [0.25, 0.3) is 0 Å². The molecule has 182 valence electrons. The third-order valence-corrected chi connectivity index (χ3v) is 6.92. The van der Waals surface area contributed by atoms with E-state index in [1.165, 1.54) is 48.9 Å². The van der Waals surface area contributed by atoms with E-state index in [0.717, 1.165) is 49.8 Å². The van der Waals surface area contributed by atoms with Gasteiger partial charge in [0.15, 0.2) is 5.11 Å². The Bertz CT molecular complexity index is 1160. The summed E-state index contributed by atoms with van der Waals surface area (Å²) in [5, 5.41) is 6.81. The molecule has 0 atom stereocenters. The Labute approximate surface area is 211 Å². The molecule has 0 bridgehead atoms. The first kappa shape index (κ1) is 23.5. The quantitative estimate of drug-likeness (QED) is 0.486. The molecule has 0 aliphatic carbocycles. The van der Waals surface area contributed by atoms with Gasteiger partial charge in [-0.15, -0.1) is 0 Å². The van der Waals surface area contributed by atoms with Crippen LogP contribution in [0.5, 0.6) is 0 Å². The molecule has 2 aromatic carbocycles. The van der Waals surface area contributed by atoms with Crippen LogP contribution in [0.2, 0.25) is 0 Å². The van der Waals surface area contributed by atoms with Crippen molar-refractivity contribution in [3.63, 3.8) is 0 Å². The second-order valence-electron chi connectivity index (χ2n) is 9.18. The van der Waals surface area contributed by atoms with E-state index in [9.17, 15) is 4.39 Å². The molecule has 1 aromatic heterocycles. The number of nitrogens with one attached hydrogen (secondary N) is 2. The third-order valence-electron chi connectivity index (χ3n) is 6.68. The Morgan fingerprint density at radius 2 is 1.54 bits per heavy atom. The molecule has 35 heavy (non-hydrogen) atoms. The molecule has 1 fully saturated rings. The molecule has 0 saturated carbocycles. The van der Waals surface area contributed by atoms with Crippen molar-refractivity contribution >= 4 is 34.9 Å². The van der Waals surface area contributed by atoms with Crippen molar-refractivity contribution in [3.05, 3.63) is 77.1 Å². The molecule has 6 nitrogen and oxygen atoms in total. The maximum Gasteiger partial charge on any atom is 0.232 e. The van der Waals surface area contributed by atoms with Crippen LogP contribution >= 0.6 is 12.2 Å². The number of rotatable bonds is 5. The van der Waals surface area contributed by atoms with Crippen molar-refractivity contribution in [1.29, 1.82) is 0 Å². The number of nitrogens with zero attached hydrogens (tertiary/aromatic N) is 4. The summed E-state index contributed by atoms with van der Waals surface area (Å²) in [7, 11) is 0. The topological polar surface area (TPSA) is 56.3 Å². The summed E-state index contributed by atoms with van der Waals surface area (Å²) < 4.78 is 13.2. The van der Waals surface area contributed by atoms with Gasteiger partial charge in [-0.2, -0.15) is 9.97 Å².